The van der Waals surface area contributed by atoms with Crippen molar-refractivity contribution in [3.05, 3.63) is 125 Å². The Morgan fingerprint density at radius 3 is 2.11 bits per heavy atom. The van der Waals surface area contributed by atoms with Crippen molar-refractivity contribution in [2.45, 2.75) is 19.3 Å². The lowest BCUT2D eigenvalue weighted by atomic mass is 9.93. The van der Waals surface area contributed by atoms with E-state index in [9.17, 15) is 18.0 Å². The first kappa shape index (κ1) is 23.8. The molecular weight excluding hydrogens is 451 g/mol. The van der Waals surface area contributed by atoms with E-state index in [2.05, 4.69) is 19.1 Å². The fraction of sp³-hybridized carbons (Fsp3) is 0.103. The number of carbonyl (C=O) groups is 1. The van der Waals surface area contributed by atoms with Gasteiger partial charge in [0.1, 0.15) is 34.8 Å². The minimum absolute atomic E-state index is 0.243. The molecule has 0 saturated heterocycles. The number of hydrogen-bond acceptors (Lipinski definition) is 3. The Kier molecular flexibility index (Phi) is 6.98. The SMILES string of the molecule is CC(Cc1ccc(-c2cc(F)c(C(=O)Oc3ccc(C#N)c(F)c3)c(F)c2)cc1)c1ccccc1. The van der Waals surface area contributed by atoms with Gasteiger partial charge < -0.3 is 4.74 Å². The molecule has 0 aliphatic rings. The van der Waals surface area contributed by atoms with Gasteiger partial charge in [-0.15, -0.1) is 0 Å². The number of carbonyl (C=O) groups excluding carboxylic acids is 1. The van der Waals surface area contributed by atoms with Crippen LogP contribution in [0.4, 0.5) is 13.2 Å². The van der Waals surface area contributed by atoms with Crippen LogP contribution in [-0.2, 0) is 6.42 Å². The van der Waals surface area contributed by atoms with E-state index < -0.39 is 29.0 Å². The van der Waals surface area contributed by atoms with Crippen molar-refractivity contribution in [3.63, 3.8) is 0 Å². The second kappa shape index (κ2) is 10.3. The molecule has 0 saturated carbocycles. The van der Waals surface area contributed by atoms with Gasteiger partial charge in [0.05, 0.1) is 5.56 Å². The third-order valence-electron chi connectivity index (χ3n) is 5.72. The van der Waals surface area contributed by atoms with Crippen LogP contribution < -0.4 is 4.74 Å². The maximum absolute atomic E-state index is 14.7. The van der Waals surface area contributed by atoms with Crippen LogP contribution >= 0.6 is 0 Å². The molecule has 0 spiro atoms. The van der Waals surface area contributed by atoms with E-state index in [0.717, 1.165) is 36.2 Å². The average Bonchev–Trinajstić information content (AvgIpc) is 2.84. The summed E-state index contributed by atoms with van der Waals surface area (Å²) < 4.78 is 48.1. The Morgan fingerprint density at radius 2 is 1.51 bits per heavy atom. The summed E-state index contributed by atoms with van der Waals surface area (Å²) >= 11 is 0. The highest BCUT2D eigenvalue weighted by atomic mass is 19.1. The highest BCUT2D eigenvalue weighted by Crippen LogP contribution is 2.28. The number of benzene rings is 4. The Bertz CT molecular complexity index is 1390. The summed E-state index contributed by atoms with van der Waals surface area (Å²) in [6.45, 7) is 2.14. The van der Waals surface area contributed by atoms with Gasteiger partial charge in [-0.3, -0.25) is 0 Å². The number of ether oxygens (including phenoxy) is 1. The largest absolute Gasteiger partial charge is 0.423 e. The summed E-state index contributed by atoms with van der Waals surface area (Å²) in [5.74, 6) is -4.36. The molecule has 1 atom stereocenters. The van der Waals surface area contributed by atoms with Crippen LogP contribution in [0.1, 0.15) is 39.9 Å². The van der Waals surface area contributed by atoms with Crippen LogP contribution in [0, 0.1) is 28.8 Å². The fourth-order valence-corrected chi connectivity index (χ4v) is 3.83. The lowest BCUT2D eigenvalue weighted by Gasteiger charge is -2.13. The first-order chi connectivity index (χ1) is 16.9. The molecule has 4 aromatic rings. The lowest BCUT2D eigenvalue weighted by Crippen LogP contribution is -2.13. The van der Waals surface area contributed by atoms with Crippen molar-refractivity contribution < 1.29 is 22.7 Å². The Hall–Kier alpha value is -4.37. The topological polar surface area (TPSA) is 50.1 Å². The first-order valence-electron chi connectivity index (χ1n) is 10.9. The van der Waals surface area contributed by atoms with Crippen molar-refractivity contribution in [2.75, 3.05) is 0 Å². The minimum Gasteiger partial charge on any atom is -0.423 e. The normalized spacial score (nSPS) is 11.5. The molecule has 35 heavy (non-hydrogen) atoms. The molecule has 0 bridgehead atoms. The van der Waals surface area contributed by atoms with Crippen LogP contribution in [-0.4, -0.2) is 5.97 Å². The van der Waals surface area contributed by atoms with Crippen LogP contribution in [0.5, 0.6) is 5.75 Å². The van der Waals surface area contributed by atoms with Gasteiger partial charge in [0.15, 0.2) is 0 Å². The van der Waals surface area contributed by atoms with E-state index in [1.165, 1.54) is 11.6 Å². The molecule has 1 unspecified atom stereocenters. The molecule has 0 amide bonds. The summed E-state index contributed by atoms with van der Waals surface area (Å²) in [4.78, 5) is 12.3. The molecule has 0 N–H and O–H groups in total. The van der Waals surface area contributed by atoms with Crippen LogP contribution in [0.25, 0.3) is 11.1 Å². The number of halogens is 3. The van der Waals surface area contributed by atoms with Gasteiger partial charge >= 0.3 is 5.97 Å². The Morgan fingerprint density at radius 1 is 0.857 bits per heavy atom. The van der Waals surface area contributed by atoms with Crippen molar-refractivity contribution in [1.82, 2.24) is 0 Å². The zero-order chi connectivity index (χ0) is 24.9. The van der Waals surface area contributed by atoms with Crippen molar-refractivity contribution in [2.24, 2.45) is 0 Å². The standard InChI is InChI=1S/C29H20F3NO2/c1-18(20-5-3-2-4-6-20)13-19-7-9-21(10-8-19)23-14-26(31)28(27(32)15-23)29(34)35-24-12-11-22(17-33)25(30)16-24/h2-12,14-16,18H,13H2,1H3. The average molecular weight is 471 g/mol. The van der Waals surface area contributed by atoms with E-state index in [0.29, 0.717) is 11.5 Å². The quantitative estimate of drug-likeness (QED) is 0.221. The summed E-state index contributed by atoms with van der Waals surface area (Å²) in [6.07, 6.45) is 0.813. The molecule has 4 aromatic carbocycles. The maximum Gasteiger partial charge on any atom is 0.349 e. The monoisotopic (exact) mass is 471 g/mol. The molecule has 3 nitrogen and oxygen atoms in total. The number of nitriles is 1. The van der Waals surface area contributed by atoms with Crippen LogP contribution in [0.2, 0.25) is 0 Å². The second-order valence-electron chi connectivity index (χ2n) is 8.17. The molecule has 174 valence electrons. The molecular formula is C29H20F3NO2. The second-order valence-corrected chi connectivity index (χ2v) is 8.17. The predicted octanol–water partition coefficient (Wildman–Crippen LogP) is 7.21. The first-order valence-corrected chi connectivity index (χ1v) is 10.9. The number of hydrogen-bond donors (Lipinski definition) is 0. The van der Waals surface area contributed by atoms with Crippen LogP contribution in [0.15, 0.2) is 84.9 Å². The Balaban J connectivity index is 1.50. The zero-order valence-corrected chi connectivity index (χ0v) is 18.8. The number of rotatable bonds is 6. The van der Waals surface area contributed by atoms with E-state index in [4.69, 9.17) is 10.00 Å². The highest BCUT2D eigenvalue weighted by Gasteiger charge is 2.22. The van der Waals surface area contributed by atoms with E-state index in [1.807, 2.05) is 30.3 Å². The van der Waals surface area contributed by atoms with Gasteiger partial charge in [0.2, 0.25) is 0 Å². The molecule has 0 aliphatic heterocycles. The van der Waals surface area contributed by atoms with Crippen LogP contribution in [0.3, 0.4) is 0 Å². The molecule has 0 aromatic heterocycles. The molecule has 0 fully saturated rings. The third kappa shape index (κ3) is 5.42. The van der Waals surface area contributed by atoms with Crippen molar-refractivity contribution >= 4 is 5.97 Å². The van der Waals surface area contributed by atoms with Crippen molar-refractivity contribution in [3.8, 4) is 22.9 Å². The number of nitrogens with zero attached hydrogens (tertiary/aromatic N) is 1. The predicted molar refractivity (Wildman–Crippen MR) is 126 cm³/mol. The minimum atomic E-state index is -1.30. The zero-order valence-electron chi connectivity index (χ0n) is 18.8. The summed E-state index contributed by atoms with van der Waals surface area (Å²) in [6, 6.07) is 24.3. The summed E-state index contributed by atoms with van der Waals surface area (Å²) in [5.41, 5.74) is 2.04. The molecule has 4 rings (SSSR count). The van der Waals surface area contributed by atoms with Gasteiger partial charge in [0, 0.05) is 6.07 Å². The van der Waals surface area contributed by atoms with Gasteiger partial charge in [-0.2, -0.15) is 5.26 Å². The van der Waals surface area contributed by atoms with Gasteiger partial charge in [-0.1, -0.05) is 61.5 Å². The van der Waals surface area contributed by atoms with Gasteiger partial charge in [0.25, 0.3) is 0 Å². The van der Waals surface area contributed by atoms with Crippen molar-refractivity contribution in [1.29, 1.82) is 5.26 Å². The highest BCUT2D eigenvalue weighted by molar-refractivity contribution is 5.92. The van der Waals surface area contributed by atoms with E-state index in [-0.39, 0.29) is 16.9 Å². The molecule has 0 aliphatic carbocycles. The maximum atomic E-state index is 14.7. The smallest absolute Gasteiger partial charge is 0.349 e. The Labute approximate surface area is 201 Å². The van der Waals surface area contributed by atoms with E-state index >= 15 is 0 Å². The molecule has 6 heteroatoms. The van der Waals surface area contributed by atoms with Gasteiger partial charge in [-0.25, -0.2) is 18.0 Å². The van der Waals surface area contributed by atoms with Gasteiger partial charge in [-0.05, 0) is 58.9 Å². The third-order valence-corrected chi connectivity index (χ3v) is 5.72. The van der Waals surface area contributed by atoms with E-state index in [1.54, 1.807) is 18.2 Å². The fourth-order valence-electron chi connectivity index (χ4n) is 3.83. The molecule has 0 heterocycles. The lowest BCUT2D eigenvalue weighted by molar-refractivity contribution is 0.0724. The summed E-state index contributed by atoms with van der Waals surface area (Å²) in [7, 11) is 0. The number of esters is 1. The summed E-state index contributed by atoms with van der Waals surface area (Å²) in [5, 5.41) is 8.77. The molecule has 0 radical (unpaired) electrons.